The van der Waals surface area contributed by atoms with Crippen molar-refractivity contribution in [3.63, 3.8) is 0 Å². The number of hydrogen-bond acceptors (Lipinski definition) is 5. The number of pyridine rings is 2. The van der Waals surface area contributed by atoms with Crippen LogP contribution in [0.1, 0.15) is 24.8 Å². The molecule has 6 heteroatoms. The van der Waals surface area contributed by atoms with Crippen LogP contribution in [0.4, 0.5) is 17.2 Å². The highest BCUT2D eigenvalue weighted by molar-refractivity contribution is 7.21. The number of fused-ring (bicyclic) bond motifs is 2. The summed E-state index contributed by atoms with van der Waals surface area (Å²) >= 11 is 1.71. The second-order valence-electron chi connectivity index (χ2n) is 8.44. The van der Waals surface area contributed by atoms with E-state index in [1.54, 1.807) is 11.3 Å². The molecule has 1 aliphatic rings. The van der Waals surface area contributed by atoms with Gasteiger partial charge in [0.15, 0.2) is 0 Å². The lowest BCUT2D eigenvalue weighted by Crippen LogP contribution is -2.29. The van der Waals surface area contributed by atoms with E-state index in [0.717, 1.165) is 51.6 Å². The molecule has 160 valence electrons. The Morgan fingerprint density at radius 1 is 0.938 bits per heavy atom. The van der Waals surface area contributed by atoms with E-state index in [1.165, 1.54) is 35.1 Å². The number of nitrogens with zero attached hydrogens (tertiary/aromatic N) is 3. The van der Waals surface area contributed by atoms with Crippen molar-refractivity contribution in [2.75, 3.05) is 23.3 Å². The number of hydrogen-bond donors (Lipinski definition) is 2. The summed E-state index contributed by atoms with van der Waals surface area (Å²) in [5.41, 5.74) is 5.73. The van der Waals surface area contributed by atoms with Gasteiger partial charge in [-0.25, -0.2) is 9.97 Å². The molecule has 0 amide bonds. The first kappa shape index (κ1) is 19.3. The average Bonchev–Trinajstić information content (AvgIpc) is 3.50. The normalized spacial score (nSPS) is 14.3. The number of aromatic amines is 1. The van der Waals surface area contributed by atoms with Gasteiger partial charge < -0.3 is 15.2 Å². The van der Waals surface area contributed by atoms with Crippen molar-refractivity contribution in [1.29, 1.82) is 0 Å². The Labute approximate surface area is 191 Å². The average molecular weight is 440 g/mol. The largest absolute Gasteiger partial charge is 0.361 e. The first-order valence-corrected chi connectivity index (χ1v) is 12.0. The molecule has 0 saturated carbocycles. The summed E-state index contributed by atoms with van der Waals surface area (Å²) in [6, 6.07) is 15.0. The molecule has 0 spiro atoms. The van der Waals surface area contributed by atoms with E-state index in [9.17, 15) is 0 Å². The minimum atomic E-state index is 1.03. The molecule has 2 N–H and O–H groups in total. The Morgan fingerprint density at radius 3 is 2.69 bits per heavy atom. The number of H-pyrrole nitrogens is 1. The van der Waals surface area contributed by atoms with Gasteiger partial charge in [-0.1, -0.05) is 0 Å². The third kappa shape index (κ3) is 3.41. The lowest BCUT2D eigenvalue weighted by molar-refractivity contribution is 0.573. The number of anilines is 3. The number of nitrogens with one attached hydrogen (secondary N) is 2. The van der Waals surface area contributed by atoms with Gasteiger partial charge in [-0.05, 0) is 74.2 Å². The monoisotopic (exact) mass is 439 g/mol. The van der Waals surface area contributed by atoms with E-state index < -0.39 is 0 Å². The molecule has 5 nitrogen and oxygen atoms in total. The summed E-state index contributed by atoms with van der Waals surface area (Å²) < 4.78 is 0. The van der Waals surface area contributed by atoms with Crippen molar-refractivity contribution in [2.24, 2.45) is 0 Å². The quantitative estimate of drug-likeness (QED) is 0.320. The second kappa shape index (κ2) is 7.95. The van der Waals surface area contributed by atoms with Crippen LogP contribution in [0.15, 0.2) is 61.1 Å². The van der Waals surface area contributed by atoms with E-state index in [2.05, 4.69) is 69.6 Å². The highest BCUT2D eigenvalue weighted by Gasteiger charge is 2.14. The highest BCUT2D eigenvalue weighted by atomic mass is 32.1. The summed E-state index contributed by atoms with van der Waals surface area (Å²) in [5.74, 6) is 1.09. The smallest absolute Gasteiger partial charge is 0.128 e. The second-order valence-corrected chi connectivity index (χ2v) is 9.47. The molecule has 0 radical (unpaired) electrons. The first-order chi connectivity index (χ1) is 15.8. The minimum Gasteiger partial charge on any atom is -0.361 e. The van der Waals surface area contributed by atoms with Gasteiger partial charge in [0.05, 0.1) is 5.69 Å². The molecule has 0 unspecified atom stereocenters. The van der Waals surface area contributed by atoms with Gasteiger partial charge in [0.2, 0.25) is 0 Å². The van der Waals surface area contributed by atoms with Crippen LogP contribution in [0.2, 0.25) is 0 Å². The molecule has 0 aliphatic carbocycles. The molecular formula is C26H25N5S. The molecule has 32 heavy (non-hydrogen) atoms. The fourth-order valence-electron chi connectivity index (χ4n) is 4.60. The number of aryl methyl sites for hydroxylation is 1. The number of benzene rings is 1. The van der Waals surface area contributed by atoms with Crippen molar-refractivity contribution >= 4 is 49.6 Å². The lowest BCUT2D eigenvalue weighted by Gasteiger charge is -2.27. The van der Waals surface area contributed by atoms with Gasteiger partial charge >= 0.3 is 0 Å². The predicted octanol–water partition coefficient (Wildman–Crippen LogP) is 6.88. The van der Waals surface area contributed by atoms with Crippen LogP contribution in [0, 0.1) is 6.92 Å². The molecule has 1 aromatic carbocycles. The van der Waals surface area contributed by atoms with Crippen LogP contribution in [0.5, 0.6) is 0 Å². The summed E-state index contributed by atoms with van der Waals surface area (Å²) in [4.78, 5) is 17.3. The van der Waals surface area contributed by atoms with E-state index >= 15 is 0 Å². The Kier molecular flexibility index (Phi) is 4.80. The first-order valence-electron chi connectivity index (χ1n) is 11.2. The van der Waals surface area contributed by atoms with E-state index in [1.807, 2.05) is 18.6 Å². The van der Waals surface area contributed by atoms with Gasteiger partial charge in [0.1, 0.15) is 10.6 Å². The van der Waals surface area contributed by atoms with Crippen molar-refractivity contribution < 1.29 is 0 Å². The Hall–Kier alpha value is -3.38. The fourth-order valence-corrected chi connectivity index (χ4v) is 5.61. The van der Waals surface area contributed by atoms with Crippen LogP contribution >= 0.6 is 11.3 Å². The van der Waals surface area contributed by atoms with E-state index in [0.29, 0.717) is 0 Å². The van der Waals surface area contributed by atoms with Crippen LogP contribution in [-0.4, -0.2) is 28.0 Å². The Bertz CT molecular complexity index is 1390. The zero-order valence-electron chi connectivity index (χ0n) is 18.1. The molecule has 6 rings (SSSR count). The molecule has 0 bridgehead atoms. The zero-order chi connectivity index (χ0) is 21.5. The molecule has 1 fully saturated rings. The van der Waals surface area contributed by atoms with Gasteiger partial charge in [-0.2, -0.15) is 0 Å². The lowest BCUT2D eigenvalue weighted by atomic mass is 10.1. The van der Waals surface area contributed by atoms with E-state index in [4.69, 9.17) is 4.98 Å². The standard InChI is InChI=1S/C26H25N5S/c1-17-19-9-11-27-22(19)7-6-21(17)30-23-10-12-28-26-20(23)15-24(32-26)18-5-8-25(29-16-18)31-13-3-2-4-14-31/h5-12,15-16,27H,2-4,13-14H2,1H3,(H,28,30). The third-order valence-electron chi connectivity index (χ3n) is 6.42. The van der Waals surface area contributed by atoms with Crippen LogP contribution in [0.3, 0.4) is 0 Å². The van der Waals surface area contributed by atoms with Gasteiger partial charge in [0.25, 0.3) is 0 Å². The molecule has 1 aliphatic heterocycles. The summed E-state index contributed by atoms with van der Waals surface area (Å²) in [6.45, 7) is 4.38. The van der Waals surface area contributed by atoms with Crippen molar-refractivity contribution in [3.05, 3.63) is 66.6 Å². The Balaban J connectivity index is 1.32. The molecular weight excluding hydrogens is 414 g/mol. The summed E-state index contributed by atoms with van der Waals surface area (Å²) in [7, 11) is 0. The van der Waals surface area contributed by atoms with Crippen molar-refractivity contribution in [3.8, 4) is 10.4 Å². The predicted molar refractivity (Wildman–Crippen MR) is 135 cm³/mol. The van der Waals surface area contributed by atoms with Crippen LogP contribution < -0.4 is 10.2 Å². The van der Waals surface area contributed by atoms with E-state index in [-0.39, 0.29) is 0 Å². The van der Waals surface area contributed by atoms with Crippen LogP contribution in [-0.2, 0) is 0 Å². The molecule has 5 heterocycles. The van der Waals surface area contributed by atoms with Crippen molar-refractivity contribution in [1.82, 2.24) is 15.0 Å². The maximum atomic E-state index is 4.77. The van der Waals surface area contributed by atoms with Crippen LogP contribution in [0.25, 0.3) is 31.6 Å². The van der Waals surface area contributed by atoms with Gasteiger partial charge in [0, 0.05) is 64.1 Å². The van der Waals surface area contributed by atoms with Crippen molar-refractivity contribution in [2.45, 2.75) is 26.2 Å². The molecule has 4 aromatic heterocycles. The zero-order valence-corrected chi connectivity index (χ0v) is 18.9. The highest BCUT2D eigenvalue weighted by Crippen LogP contribution is 2.38. The summed E-state index contributed by atoms with van der Waals surface area (Å²) in [5, 5.41) is 6.03. The van der Waals surface area contributed by atoms with Gasteiger partial charge in [-0.15, -0.1) is 11.3 Å². The topological polar surface area (TPSA) is 56.8 Å². The number of aromatic nitrogens is 3. The molecule has 5 aromatic rings. The number of rotatable bonds is 4. The van der Waals surface area contributed by atoms with Gasteiger partial charge in [-0.3, -0.25) is 0 Å². The summed E-state index contributed by atoms with van der Waals surface area (Å²) in [6.07, 6.45) is 9.73. The number of thiophene rings is 1. The maximum Gasteiger partial charge on any atom is 0.128 e. The number of piperidine rings is 1. The minimum absolute atomic E-state index is 1.03. The maximum absolute atomic E-state index is 4.77. The SMILES string of the molecule is Cc1c(Nc2ccnc3sc(-c4ccc(N5CCCCC5)nc4)cc23)ccc2[nH]ccc12. The molecule has 1 saturated heterocycles. The third-order valence-corrected chi connectivity index (χ3v) is 7.51. The molecule has 0 atom stereocenters. The fraction of sp³-hybridized carbons (Fsp3) is 0.231. The Morgan fingerprint density at radius 2 is 1.84 bits per heavy atom.